The average Bonchev–Trinajstić information content (AvgIpc) is 3.15. The zero-order valence-corrected chi connectivity index (χ0v) is 17.8. The van der Waals surface area contributed by atoms with Crippen LogP contribution in [0.5, 0.6) is 5.75 Å². The zero-order chi connectivity index (χ0) is 20.8. The average molecular weight is 485 g/mol. The Hall–Kier alpha value is -2.33. The van der Waals surface area contributed by atoms with Crippen molar-refractivity contribution in [3.05, 3.63) is 46.2 Å². The second-order valence-corrected chi connectivity index (χ2v) is 9.31. The Morgan fingerprint density at radius 2 is 2.14 bits per heavy atom. The molecule has 2 aliphatic rings. The molecular weight excluding hydrogens is 467 g/mol. The largest absolute Gasteiger partial charge is 0.488 e. The molecule has 154 valence electrons. The van der Waals surface area contributed by atoms with E-state index in [-0.39, 0.29) is 26.7 Å². The first kappa shape index (κ1) is 20.0. The normalized spacial score (nSPS) is 17.9. The van der Waals surface area contributed by atoms with E-state index in [1.54, 1.807) is 6.07 Å². The SMILES string of the molecule is COC(=O)c1c(NS(=O)(=O)c2ccc(F)cc2Br)ccc2c1OC[C@@H]1CCCN21. The van der Waals surface area contributed by atoms with E-state index in [1.807, 2.05) is 0 Å². The van der Waals surface area contributed by atoms with Crippen LogP contribution >= 0.6 is 15.9 Å². The lowest BCUT2D eigenvalue weighted by atomic mass is 10.1. The van der Waals surface area contributed by atoms with Crippen molar-refractivity contribution in [2.45, 2.75) is 23.8 Å². The molecule has 0 radical (unpaired) electrons. The van der Waals surface area contributed by atoms with Gasteiger partial charge in [0.05, 0.1) is 24.5 Å². The van der Waals surface area contributed by atoms with Gasteiger partial charge in [-0.1, -0.05) is 0 Å². The van der Waals surface area contributed by atoms with Crippen LogP contribution in [0.3, 0.4) is 0 Å². The van der Waals surface area contributed by atoms with Crippen LogP contribution in [0.2, 0.25) is 0 Å². The smallest absolute Gasteiger partial charge is 0.343 e. The summed E-state index contributed by atoms with van der Waals surface area (Å²) < 4.78 is 52.3. The summed E-state index contributed by atoms with van der Waals surface area (Å²) in [5.41, 5.74) is 0.784. The van der Waals surface area contributed by atoms with E-state index in [0.717, 1.165) is 43.3 Å². The predicted octanol–water partition coefficient (Wildman–Crippen LogP) is 3.54. The number of esters is 1. The van der Waals surface area contributed by atoms with Crippen molar-refractivity contribution in [2.24, 2.45) is 0 Å². The molecule has 1 N–H and O–H groups in total. The van der Waals surface area contributed by atoms with Crippen molar-refractivity contribution < 1.29 is 27.1 Å². The molecule has 2 aromatic carbocycles. The number of nitrogens with one attached hydrogen (secondary N) is 1. The molecule has 10 heteroatoms. The third kappa shape index (κ3) is 3.55. The van der Waals surface area contributed by atoms with Gasteiger partial charge in [0.15, 0.2) is 5.75 Å². The Labute approximate surface area is 176 Å². The zero-order valence-electron chi connectivity index (χ0n) is 15.4. The molecule has 0 bridgehead atoms. The standard InChI is InChI=1S/C19H18BrFN2O5S/c1-27-19(24)17-14(22-29(25,26)16-7-4-11(21)9-13(16)20)5-6-15-18(17)28-10-12-3-2-8-23(12)15/h4-7,9,12,22H,2-3,8,10H2,1H3/t12-/m0/s1. The maximum atomic E-state index is 13.3. The van der Waals surface area contributed by atoms with Crippen LogP contribution in [0.15, 0.2) is 39.7 Å². The van der Waals surface area contributed by atoms with E-state index < -0.39 is 21.8 Å². The maximum Gasteiger partial charge on any atom is 0.343 e. The van der Waals surface area contributed by atoms with E-state index in [1.165, 1.54) is 13.2 Å². The first-order valence-corrected chi connectivity index (χ1v) is 11.2. The number of anilines is 2. The van der Waals surface area contributed by atoms with Gasteiger partial charge in [-0.2, -0.15) is 0 Å². The molecule has 0 amide bonds. The van der Waals surface area contributed by atoms with Gasteiger partial charge in [0, 0.05) is 11.0 Å². The second-order valence-electron chi connectivity index (χ2n) is 6.81. The molecule has 1 saturated heterocycles. The van der Waals surface area contributed by atoms with Crippen molar-refractivity contribution in [1.29, 1.82) is 0 Å². The summed E-state index contributed by atoms with van der Waals surface area (Å²) in [7, 11) is -2.89. The van der Waals surface area contributed by atoms with Crippen molar-refractivity contribution in [2.75, 3.05) is 29.9 Å². The molecular formula is C19H18BrFN2O5S. The van der Waals surface area contributed by atoms with Gasteiger partial charge in [0.25, 0.3) is 10.0 Å². The molecule has 2 heterocycles. The number of hydrogen-bond acceptors (Lipinski definition) is 6. The number of carbonyl (C=O) groups is 1. The highest BCUT2D eigenvalue weighted by Gasteiger charge is 2.36. The molecule has 7 nitrogen and oxygen atoms in total. The summed E-state index contributed by atoms with van der Waals surface area (Å²) in [5, 5.41) is 0. The maximum absolute atomic E-state index is 13.3. The van der Waals surface area contributed by atoms with Crippen LogP contribution in [0.4, 0.5) is 15.8 Å². The highest BCUT2D eigenvalue weighted by Crippen LogP contribution is 2.44. The van der Waals surface area contributed by atoms with Crippen LogP contribution < -0.4 is 14.4 Å². The molecule has 0 saturated carbocycles. The number of carbonyl (C=O) groups excluding carboxylic acids is 1. The lowest BCUT2D eigenvalue weighted by Crippen LogP contribution is -2.38. The molecule has 0 aromatic heterocycles. The molecule has 0 aliphatic carbocycles. The number of hydrogen-bond donors (Lipinski definition) is 1. The van der Waals surface area contributed by atoms with Crippen molar-refractivity contribution in [3.63, 3.8) is 0 Å². The Morgan fingerprint density at radius 3 is 2.86 bits per heavy atom. The van der Waals surface area contributed by atoms with Gasteiger partial charge in [-0.15, -0.1) is 0 Å². The summed E-state index contributed by atoms with van der Waals surface area (Å²) in [4.78, 5) is 14.5. The quantitative estimate of drug-likeness (QED) is 0.668. The number of halogens is 2. The van der Waals surface area contributed by atoms with Gasteiger partial charge < -0.3 is 14.4 Å². The van der Waals surface area contributed by atoms with Gasteiger partial charge in [0.2, 0.25) is 0 Å². The summed E-state index contributed by atoms with van der Waals surface area (Å²) >= 11 is 3.07. The van der Waals surface area contributed by atoms with E-state index in [9.17, 15) is 17.6 Å². The first-order valence-electron chi connectivity index (χ1n) is 8.94. The van der Waals surface area contributed by atoms with Gasteiger partial charge in [-0.05, 0) is 59.1 Å². The van der Waals surface area contributed by atoms with Gasteiger partial charge in [-0.25, -0.2) is 17.6 Å². The number of nitrogens with zero attached hydrogens (tertiary/aromatic N) is 1. The minimum Gasteiger partial charge on any atom is -0.488 e. The van der Waals surface area contributed by atoms with Gasteiger partial charge in [-0.3, -0.25) is 4.72 Å². The van der Waals surface area contributed by atoms with E-state index >= 15 is 0 Å². The number of rotatable bonds is 4. The number of methoxy groups -OCH3 is 1. The minimum atomic E-state index is -4.11. The predicted molar refractivity (Wildman–Crippen MR) is 109 cm³/mol. The second kappa shape index (κ2) is 7.49. The number of benzene rings is 2. The molecule has 0 unspecified atom stereocenters. The number of fused-ring (bicyclic) bond motifs is 3. The van der Waals surface area contributed by atoms with Crippen molar-refractivity contribution >= 4 is 43.3 Å². The van der Waals surface area contributed by atoms with Crippen LogP contribution in [0.1, 0.15) is 23.2 Å². The van der Waals surface area contributed by atoms with Crippen LogP contribution in [0.25, 0.3) is 0 Å². The summed E-state index contributed by atoms with van der Waals surface area (Å²) in [5.74, 6) is -0.989. The fourth-order valence-corrected chi connectivity index (χ4v) is 5.85. The lowest BCUT2D eigenvalue weighted by molar-refractivity contribution is 0.0596. The van der Waals surface area contributed by atoms with E-state index in [0.29, 0.717) is 12.4 Å². The third-order valence-corrected chi connectivity index (χ3v) is 7.40. The minimum absolute atomic E-state index is 0.0113. The summed E-state index contributed by atoms with van der Waals surface area (Å²) in [6, 6.07) is 6.73. The number of sulfonamides is 1. The van der Waals surface area contributed by atoms with E-state index in [2.05, 4.69) is 25.6 Å². The first-order chi connectivity index (χ1) is 13.8. The highest BCUT2D eigenvalue weighted by molar-refractivity contribution is 9.10. The highest BCUT2D eigenvalue weighted by atomic mass is 79.9. The molecule has 0 spiro atoms. The van der Waals surface area contributed by atoms with Crippen LogP contribution in [-0.2, 0) is 14.8 Å². The third-order valence-electron chi connectivity index (χ3n) is 5.06. The van der Waals surface area contributed by atoms with Crippen molar-refractivity contribution in [1.82, 2.24) is 0 Å². The van der Waals surface area contributed by atoms with Crippen LogP contribution in [0, 0.1) is 5.82 Å². The molecule has 2 aliphatic heterocycles. The molecule has 4 rings (SSSR count). The molecule has 1 fully saturated rings. The Bertz CT molecular complexity index is 1090. The summed E-state index contributed by atoms with van der Waals surface area (Å²) in [6.07, 6.45) is 2.02. The van der Waals surface area contributed by atoms with E-state index in [4.69, 9.17) is 9.47 Å². The fourth-order valence-electron chi connectivity index (χ4n) is 3.73. The number of ether oxygens (including phenoxy) is 2. The Kier molecular flexibility index (Phi) is 5.16. The fraction of sp³-hybridized carbons (Fsp3) is 0.316. The van der Waals surface area contributed by atoms with Gasteiger partial charge in [0.1, 0.15) is 22.9 Å². The molecule has 29 heavy (non-hydrogen) atoms. The Balaban J connectivity index is 1.79. The molecule has 2 aromatic rings. The van der Waals surface area contributed by atoms with Gasteiger partial charge >= 0.3 is 5.97 Å². The summed E-state index contributed by atoms with van der Waals surface area (Å²) in [6.45, 7) is 1.26. The topological polar surface area (TPSA) is 84.9 Å². The van der Waals surface area contributed by atoms with Crippen LogP contribution in [-0.4, -0.2) is 40.7 Å². The Morgan fingerprint density at radius 1 is 1.34 bits per heavy atom. The lowest BCUT2D eigenvalue weighted by Gasteiger charge is -2.34. The van der Waals surface area contributed by atoms with Crippen molar-refractivity contribution in [3.8, 4) is 5.75 Å². The molecule has 1 atom stereocenters. The monoisotopic (exact) mass is 484 g/mol.